The second-order valence-electron chi connectivity index (χ2n) is 4.85. The molecule has 3 rings (SSSR count). The van der Waals surface area contributed by atoms with Gasteiger partial charge in [0.1, 0.15) is 0 Å². The lowest BCUT2D eigenvalue weighted by molar-refractivity contribution is -0.114. The summed E-state index contributed by atoms with van der Waals surface area (Å²) in [5.74, 6) is 1.87. The number of fused-ring (bicyclic) bond motifs is 2. The highest BCUT2D eigenvalue weighted by atomic mass is 16.1. The number of terminal acetylenes is 1. The Morgan fingerprint density at radius 3 is 1.95 bits per heavy atom. The summed E-state index contributed by atoms with van der Waals surface area (Å²) >= 11 is 0. The van der Waals surface area contributed by atoms with Gasteiger partial charge < -0.3 is 10.6 Å². The number of nitrogens with two attached hydrogens (primary N) is 1. The summed E-state index contributed by atoms with van der Waals surface area (Å²) in [6.45, 7) is 0. The van der Waals surface area contributed by atoms with Gasteiger partial charge in [0.2, 0.25) is 0 Å². The fourth-order valence-electron chi connectivity index (χ4n) is 2.77. The van der Waals surface area contributed by atoms with Crippen LogP contribution in [0.1, 0.15) is 11.1 Å². The summed E-state index contributed by atoms with van der Waals surface area (Å²) < 4.78 is 0. The highest BCUT2D eigenvalue weighted by molar-refractivity contribution is 6.11. The molecule has 0 fully saturated rings. The number of amides is 1. The van der Waals surface area contributed by atoms with Gasteiger partial charge in [-0.15, -0.1) is 6.42 Å². The first-order chi connectivity index (χ1) is 10.1. The summed E-state index contributed by atoms with van der Waals surface area (Å²) in [7, 11) is 1.99. The van der Waals surface area contributed by atoms with E-state index in [4.69, 9.17) is 12.2 Å². The van der Waals surface area contributed by atoms with E-state index < -0.39 is 5.91 Å². The van der Waals surface area contributed by atoms with Gasteiger partial charge in [0.25, 0.3) is 5.91 Å². The highest BCUT2D eigenvalue weighted by Crippen LogP contribution is 2.44. The minimum absolute atomic E-state index is 0.211. The third-order valence-electron chi connectivity index (χ3n) is 3.71. The topological polar surface area (TPSA) is 46.3 Å². The van der Waals surface area contributed by atoms with E-state index in [0.29, 0.717) is 0 Å². The van der Waals surface area contributed by atoms with Crippen molar-refractivity contribution in [2.24, 2.45) is 5.73 Å². The molecule has 0 radical (unpaired) electrons. The van der Waals surface area contributed by atoms with Crippen LogP contribution >= 0.6 is 0 Å². The van der Waals surface area contributed by atoms with Crippen molar-refractivity contribution in [3.63, 3.8) is 0 Å². The number of hydrogen-bond acceptors (Lipinski definition) is 2. The number of primary amides is 1. The zero-order chi connectivity index (χ0) is 15.0. The maximum Gasteiger partial charge on any atom is 0.257 e. The Labute approximate surface area is 123 Å². The van der Waals surface area contributed by atoms with E-state index in [1.165, 1.54) is 0 Å². The van der Waals surface area contributed by atoms with Crippen LogP contribution in [0, 0.1) is 12.3 Å². The van der Waals surface area contributed by atoms with Crippen LogP contribution in [0.15, 0.2) is 54.1 Å². The number of carbonyl (C=O) groups is 1. The van der Waals surface area contributed by atoms with Gasteiger partial charge in [-0.25, -0.2) is 0 Å². The normalized spacial score (nSPS) is 12.2. The first kappa shape index (κ1) is 13.0. The van der Waals surface area contributed by atoms with E-state index >= 15 is 0 Å². The maximum absolute atomic E-state index is 11.7. The minimum atomic E-state index is -0.582. The van der Waals surface area contributed by atoms with E-state index in [-0.39, 0.29) is 5.57 Å². The molecule has 0 unspecified atom stereocenters. The van der Waals surface area contributed by atoms with Gasteiger partial charge >= 0.3 is 0 Å². The van der Waals surface area contributed by atoms with Crippen LogP contribution in [0.5, 0.6) is 0 Å². The van der Waals surface area contributed by atoms with Crippen molar-refractivity contribution in [1.29, 1.82) is 0 Å². The van der Waals surface area contributed by atoms with Crippen LogP contribution in [0.3, 0.4) is 0 Å². The van der Waals surface area contributed by atoms with Crippen molar-refractivity contribution >= 4 is 22.9 Å². The quantitative estimate of drug-likeness (QED) is 0.642. The fourth-order valence-corrected chi connectivity index (χ4v) is 2.77. The van der Waals surface area contributed by atoms with E-state index in [9.17, 15) is 4.79 Å². The van der Waals surface area contributed by atoms with Crippen LogP contribution in [-0.4, -0.2) is 13.0 Å². The monoisotopic (exact) mass is 274 g/mol. The van der Waals surface area contributed by atoms with Crippen molar-refractivity contribution in [2.75, 3.05) is 11.9 Å². The molecule has 0 atom stereocenters. The number of rotatable bonds is 1. The summed E-state index contributed by atoms with van der Waals surface area (Å²) in [6, 6.07) is 15.7. The lowest BCUT2D eigenvalue weighted by Gasteiger charge is -2.32. The van der Waals surface area contributed by atoms with Gasteiger partial charge in [0.15, 0.2) is 0 Å². The maximum atomic E-state index is 11.7. The van der Waals surface area contributed by atoms with Gasteiger partial charge in [-0.2, -0.15) is 0 Å². The van der Waals surface area contributed by atoms with Crippen molar-refractivity contribution in [3.8, 4) is 12.3 Å². The smallest absolute Gasteiger partial charge is 0.257 e. The summed E-state index contributed by atoms with van der Waals surface area (Å²) in [5.41, 5.74) is 10.3. The minimum Gasteiger partial charge on any atom is -0.365 e. The van der Waals surface area contributed by atoms with Gasteiger partial charge in [-0.05, 0) is 12.1 Å². The van der Waals surface area contributed by atoms with Crippen LogP contribution in [0.2, 0.25) is 0 Å². The van der Waals surface area contributed by atoms with Crippen molar-refractivity contribution in [2.45, 2.75) is 0 Å². The average Bonchev–Trinajstić information content (AvgIpc) is 2.51. The number of carbonyl (C=O) groups excluding carboxylic acids is 1. The van der Waals surface area contributed by atoms with E-state index in [1.54, 1.807) is 0 Å². The fraction of sp³-hybridized carbons (Fsp3) is 0.0556. The molecular formula is C18H14N2O. The zero-order valence-electron chi connectivity index (χ0n) is 11.6. The molecule has 1 amide bonds. The standard InChI is InChI=1S/C18H14N2O/c1-3-12(18(19)21)17-13-8-4-6-10-15(13)20(2)16-11-7-5-9-14(16)17/h1,4-11H,2H3,(H2,19,21). The molecule has 2 aromatic carbocycles. The Bertz CT molecular complexity index is 762. The molecule has 3 heteroatoms. The lowest BCUT2D eigenvalue weighted by Crippen LogP contribution is -2.21. The van der Waals surface area contributed by atoms with Gasteiger partial charge in [-0.3, -0.25) is 4.79 Å². The second-order valence-corrected chi connectivity index (χ2v) is 4.85. The summed E-state index contributed by atoms with van der Waals surface area (Å²) in [5, 5.41) is 0. The van der Waals surface area contributed by atoms with Crippen LogP contribution in [0.4, 0.5) is 11.4 Å². The number of anilines is 2. The molecule has 0 spiro atoms. The van der Waals surface area contributed by atoms with Crippen LogP contribution < -0.4 is 10.6 Å². The Morgan fingerprint density at radius 1 is 1.05 bits per heavy atom. The van der Waals surface area contributed by atoms with Crippen LogP contribution in [0.25, 0.3) is 5.57 Å². The van der Waals surface area contributed by atoms with Crippen molar-refractivity contribution in [3.05, 3.63) is 65.2 Å². The van der Waals surface area contributed by atoms with Crippen molar-refractivity contribution < 1.29 is 4.79 Å². The Kier molecular flexibility index (Phi) is 3.00. The van der Waals surface area contributed by atoms with E-state index in [0.717, 1.165) is 28.1 Å². The molecule has 102 valence electrons. The Balaban J connectivity index is 2.44. The molecule has 1 heterocycles. The summed E-state index contributed by atoms with van der Waals surface area (Å²) in [6.07, 6.45) is 5.53. The number of hydrogen-bond donors (Lipinski definition) is 1. The van der Waals surface area contributed by atoms with E-state index in [1.807, 2.05) is 55.6 Å². The molecule has 21 heavy (non-hydrogen) atoms. The Morgan fingerprint density at radius 2 is 1.52 bits per heavy atom. The molecule has 0 saturated heterocycles. The Hall–Kier alpha value is -2.99. The third kappa shape index (κ3) is 1.89. The molecule has 1 aliphatic rings. The lowest BCUT2D eigenvalue weighted by atomic mass is 9.87. The molecule has 0 aromatic heterocycles. The molecular weight excluding hydrogens is 260 g/mol. The summed E-state index contributed by atoms with van der Waals surface area (Å²) in [4.78, 5) is 13.8. The molecule has 0 aliphatic carbocycles. The average molecular weight is 274 g/mol. The van der Waals surface area contributed by atoms with Gasteiger partial charge in [0.05, 0.1) is 5.57 Å². The second kappa shape index (κ2) is 4.84. The molecule has 2 N–H and O–H groups in total. The molecule has 2 aromatic rings. The van der Waals surface area contributed by atoms with Crippen molar-refractivity contribution in [1.82, 2.24) is 0 Å². The first-order valence-corrected chi connectivity index (χ1v) is 6.58. The highest BCUT2D eigenvalue weighted by Gasteiger charge is 2.26. The van der Waals surface area contributed by atoms with Crippen LogP contribution in [-0.2, 0) is 4.79 Å². The largest absolute Gasteiger partial charge is 0.365 e. The predicted molar refractivity (Wildman–Crippen MR) is 85.0 cm³/mol. The zero-order valence-corrected chi connectivity index (χ0v) is 11.6. The molecule has 1 aliphatic heterocycles. The molecule has 0 saturated carbocycles. The molecule has 3 nitrogen and oxygen atoms in total. The number of benzene rings is 2. The number of nitrogens with zero attached hydrogens (tertiary/aromatic N) is 1. The third-order valence-corrected chi connectivity index (χ3v) is 3.71. The van der Waals surface area contributed by atoms with E-state index in [2.05, 4.69) is 10.8 Å². The number of para-hydroxylation sites is 2. The van der Waals surface area contributed by atoms with Gasteiger partial charge in [-0.1, -0.05) is 42.3 Å². The predicted octanol–water partition coefficient (Wildman–Crippen LogP) is 2.69. The SMILES string of the molecule is C#CC(C(N)=O)=C1c2ccccc2N(C)c2ccccc21. The first-order valence-electron chi connectivity index (χ1n) is 6.58. The van der Waals surface area contributed by atoms with Gasteiger partial charge in [0, 0.05) is 35.1 Å². The molecule has 0 bridgehead atoms.